The molecule has 0 unspecified atom stereocenters. The highest BCUT2D eigenvalue weighted by Crippen LogP contribution is 2.28. The minimum atomic E-state index is -0.535. The second kappa shape index (κ2) is 8.39. The molecule has 0 aromatic heterocycles. The molecule has 0 aliphatic carbocycles. The van der Waals surface area contributed by atoms with E-state index in [1.54, 1.807) is 12.1 Å². The van der Waals surface area contributed by atoms with Gasteiger partial charge in [0.05, 0.1) is 12.1 Å². The van der Waals surface area contributed by atoms with Crippen molar-refractivity contribution in [2.75, 3.05) is 0 Å². The van der Waals surface area contributed by atoms with Crippen LogP contribution in [-0.4, -0.2) is 11.2 Å². The summed E-state index contributed by atoms with van der Waals surface area (Å²) < 4.78 is 0.887. The predicted molar refractivity (Wildman–Crippen MR) is 83.4 cm³/mol. The Bertz CT molecular complexity index is 374. The van der Waals surface area contributed by atoms with Gasteiger partial charge in [0.1, 0.15) is 0 Å². The lowest BCUT2D eigenvalue weighted by Crippen LogP contribution is -2.26. The zero-order chi connectivity index (χ0) is 13.0. The zero-order valence-electron chi connectivity index (χ0n) is 10.6. The zero-order valence-corrected chi connectivity index (χ0v) is 13.7. The second-order valence-electron chi connectivity index (χ2n) is 4.73. The fourth-order valence-electron chi connectivity index (χ4n) is 1.66. The largest absolute Gasteiger partial charge is 0.391 e. The summed E-state index contributed by atoms with van der Waals surface area (Å²) in [5, 5.41) is 10.7. The monoisotopic (exact) mass is 355 g/mol. The van der Waals surface area contributed by atoms with Crippen LogP contribution in [0.4, 0.5) is 0 Å². The molecule has 3 N–H and O–H groups in total. The number of aliphatic hydroxyl groups is 1. The first-order chi connectivity index (χ1) is 7.91. The van der Waals surface area contributed by atoms with Gasteiger partial charge in [-0.15, -0.1) is 12.4 Å². The van der Waals surface area contributed by atoms with Crippen LogP contribution >= 0.6 is 39.9 Å². The molecule has 0 aliphatic heterocycles. The Kier molecular flexibility index (Phi) is 8.48. The highest BCUT2D eigenvalue weighted by molar-refractivity contribution is 9.10. The standard InChI is InChI=1S/C13H19BrClNO.ClH/c1-8(2)3-6-12(17)13(16)10-7-9(15)4-5-11(10)14;/h4-5,7-8,12-13,17H,3,6,16H2,1-2H3;1H/t12-,13+;/m0./s1. The molecule has 0 amide bonds. The van der Waals surface area contributed by atoms with Gasteiger partial charge in [-0.05, 0) is 42.5 Å². The summed E-state index contributed by atoms with van der Waals surface area (Å²) in [7, 11) is 0. The topological polar surface area (TPSA) is 46.2 Å². The van der Waals surface area contributed by atoms with Crippen molar-refractivity contribution in [2.24, 2.45) is 11.7 Å². The molecular weight excluding hydrogens is 337 g/mol. The van der Waals surface area contributed by atoms with Crippen molar-refractivity contribution in [3.63, 3.8) is 0 Å². The predicted octanol–water partition coefficient (Wildman–Crippen LogP) is 4.32. The molecule has 0 radical (unpaired) electrons. The lowest BCUT2D eigenvalue weighted by molar-refractivity contribution is 0.128. The summed E-state index contributed by atoms with van der Waals surface area (Å²) in [6.45, 7) is 4.26. The minimum absolute atomic E-state index is 0. The van der Waals surface area contributed by atoms with Crippen LogP contribution < -0.4 is 5.73 Å². The van der Waals surface area contributed by atoms with Crippen molar-refractivity contribution in [1.29, 1.82) is 0 Å². The van der Waals surface area contributed by atoms with Crippen molar-refractivity contribution in [3.8, 4) is 0 Å². The summed E-state index contributed by atoms with van der Waals surface area (Å²) in [5.74, 6) is 0.569. The van der Waals surface area contributed by atoms with Crippen LogP contribution in [0.3, 0.4) is 0 Å². The number of hydrogen-bond acceptors (Lipinski definition) is 2. The number of hydrogen-bond donors (Lipinski definition) is 2. The summed E-state index contributed by atoms with van der Waals surface area (Å²) in [6, 6.07) is 5.05. The van der Waals surface area contributed by atoms with Gasteiger partial charge in [-0.3, -0.25) is 0 Å². The molecule has 0 saturated heterocycles. The first-order valence-corrected chi connectivity index (χ1v) is 6.97. The van der Waals surface area contributed by atoms with Crippen LogP contribution in [0.1, 0.15) is 38.3 Å². The Morgan fingerprint density at radius 2 is 1.94 bits per heavy atom. The highest BCUT2D eigenvalue weighted by atomic mass is 79.9. The van der Waals surface area contributed by atoms with E-state index in [4.69, 9.17) is 17.3 Å². The van der Waals surface area contributed by atoms with Gasteiger partial charge in [-0.2, -0.15) is 0 Å². The lowest BCUT2D eigenvalue weighted by Gasteiger charge is -2.21. The maximum Gasteiger partial charge on any atom is 0.0733 e. The van der Waals surface area contributed by atoms with Crippen LogP contribution in [-0.2, 0) is 0 Å². The quantitative estimate of drug-likeness (QED) is 0.825. The summed E-state index contributed by atoms with van der Waals surface area (Å²) >= 11 is 9.36. The maximum absolute atomic E-state index is 10.0. The molecule has 0 fully saturated rings. The lowest BCUT2D eigenvalue weighted by atomic mass is 9.96. The average molecular weight is 357 g/mol. The van der Waals surface area contributed by atoms with E-state index in [1.165, 1.54) is 0 Å². The first-order valence-electron chi connectivity index (χ1n) is 5.80. The Morgan fingerprint density at radius 1 is 1.33 bits per heavy atom. The van der Waals surface area contributed by atoms with Gasteiger partial charge in [-0.1, -0.05) is 41.4 Å². The molecule has 0 spiro atoms. The van der Waals surface area contributed by atoms with Crippen molar-refractivity contribution < 1.29 is 5.11 Å². The molecule has 0 bridgehead atoms. The normalized spacial score (nSPS) is 14.2. The third-order valence-electron chi connectivity index (χ3n) is 2.77. The third-order valence-corrected chi connectivity index (χ3v) is 3.73. The maximum atomic E-state index is 10.0. The Balaban J connectivity index is 0.00000289. The van der Waals surface area contributed by atoms with Crippen molar-refractivity contribution in [3.05, 3.63) is 33.3 Å². The number of halogens is 3. The van der Waals surface area contributed by atoms with Crippen LogP contribution in [0.25, 0.3) is 0 Å². The van der Waals surface area contributed by atoms with E-state index in [2.05, 4.69) is 29.8 Å². The molecule has 1 rings (SSSR count). The van der Waals surface area contributed by atoms with Gasteiger partial charge in [-0.25, -0.2) is 0 Å². The first kappa shape index (κ1) is 18.2. The van der Waals surface area contributed by atoms with Gasteiger partial charge >= 0.3 is 0 Å². The van der Waals surface area contributed by atoms with Crippen LogP contribution in [0, 0.1) is 5.92 Å². The molecule has 1 aromatic rings. The molecule has 18 heavy (non-hydrogen) atoms. The second-order valence-corrected chi connectivity index (χ2v) is 6.02. The number of rotatable bonds is 5. The summed E-state index contributed by atoms with van der Waals surface area (Å²) in [5.41, 5.74) is 6.91. The summed E-state index contributed by atoms with van der Waals surface area (Å²) in [6.07, 6.45) is 1.14. The van der Waals surface area contributed by atoms with E-state index in [0.717, 1.165) is 16.5 Å². The SMILES string of the molecule is CC(C)CC[C@H](O)[C@H](N)c1cc(Cl)ccc1Br.Cl. The molecule has 0 aliphatic rings. The fourth-order valence-corrected chi connectivity index (χ4v) is 2.35. The fraction of sp³-hybridized carbons (Fsp3) is 0.538. The molecule has 5 heteroatoms. The van der Waals surface area contributed by atoms with Gasteiger partial charge < -0.3 is 10.8 Å². The molecule has 2 nitrogen and oxygen atoms in total. The van der Waals surface area contributed by atoms with E-state index in [0.29, 0.717) is 17.4 Å². The van der Waals surface area contributed by atoms with Crippen LogP contribution in [0.5, 0.6) is 0 Å². The Hall–Kier alpha value is 0.200. The summed E-state index contributed by atoms with van der Waals surface area (Å²) in [4.78, 5) is 0. The van der Waals surface area contributed by atoms with Gasteiger partial charge in [0.2, 0.25) is 0 Å². The Morgan fingerprint density at radius 3 is 2.50 bits per heavy atom. The third kappa shape index (κ3) is 5.45. The van der Waals surface area contributed by atoms with Gasteiger partial charge in [0, 0.05) is 9.50 Å². The molecule has 104 valence electrons. The van der Waals surface area contributed by atoms with Crippen molar-refractivity contribution >= 4 is 39.9 Å². The minimum Gasteiger partial charge on any atom is -0.391 e. The average Bonchev–Trinajstić information content (AvgIpc) is 2.28. The molecule has 0 heterocycles. The van der Waals surface area contributed by atoms with Crippen LogP contribution in [0.2, 0.25) is 5.02 Å². The number of aliphatic hydroxyl groups excluding tert-OH is 1. The van der Waals surface area contributed by atoms with E-state index in [-0.39, 0.29) is 12.4 Å². The van der Waals surface area contributed by atoms with E-state index >= 15 is 0 Å². The number of nitrogens with two attached hydrogens (primary N) is 1. The van der Waals surface area contributed by atoms with E-state index in [1.807, 2.05) is 6.07 Å². The van der Waals surface area contributed by atoms with Crippen molar-refractivity contribution in [1.82, 2.24) is 0 Å². The van der Waals surface area contributed by atoms with Gasteiger partial charge in [0.15, 0.2) is 0 Å². The van der Waals surface area contributed by atoms with Crippen molar-refractivity contribution in [2.45, 2.75) is 38.8 Å². The smallest absolute Gasteiger partial charge is 0.0733 e. The Labute approximate surface area is 128 Å². The molecule has 1 aromatic carbocycles. The van der Waals surface area contributed by atoms with E-state index < -0.39 is 12.1 Å². The number of benzene rings is 1. The molecule has 2 atom stereocenters. The van der Waals surface area contributed by atoms with E-state index in [9.17, 15) is 5.11 Å². The highest BCUT2D eigenvalue weighted by Gasteiger charge is 2.19. The molecular formula is C13H20BrCl2NO. The molecule has 0 saturated carbocycles. The van der Waals surface area contributed by atoms with Crippen LogP contribution in [0.15, 0.2) is 22.7 Å². The van der Waals surface area contributed by atoms with Gasteiger partial charge in [0.25, 0.3) is 0 Å².